The van der Waals surface area contributed by atoms with E-state index in [0.29, 0.717) is 42.7 Å². The number of benzene rings is 2. The highest BCUT2D eigenvalue weighted by atomic mass is 16.5. The fourth-order valence-corrected chi connectivity index (χ4v) is 1.83. The van der Waals surface area contributed by atoms with Gasteiger partial charge >= 0.3 is 6.09 Å². The second-order valence-electron chi connectivity index (χ2n) is 4.61. The minimum Gasteiger partial charge on any atom is -0.492 e. The molecule has 2 rings (SSSR count). The van der Waals surface area contributed by atoms with Gasteiger partial charge in [0.15, 0.2) is 5.75 Å². The molecular weight excluding hydrogens is 296 g/mol. The Balaban J connectivity index is 1.83. The van der Waals surface area contributed by atoms with Gasteiger partial charge in [0.05, 0.1) is 18.8 Å². The van der Waals surface area contributed by atoms with Gasteiger partial charge in [-0.15, -0.1) is 0 Å². The van der Waals surface area contributed by atoms with Gasteiger partial charge in [-0.25, -0.2) is 4.79 Å². The van der Waals surface area contributed by atoms with Crippen molar-refractivity contribution in [2.24, 2.45) is 0 Å². The molecule has 0 saturated heterocycles. The van der Waals surface area contributed by atoms with E-state index >= 15 is 0 Å². The lowest BCUT2D eigenvalue weighted by Crippen LogP contribution is -2.28. The van der Waals surface area contributed by atoms with Gasteiger partial charge in [0.25, 0.3) is 0 Å². The first-order chi connectivity index (χ1) is 11.2. The number of nitrogens with two attached hydrogens (primary N) is 1. The Morgan fingerprint density at radius 1 is 1.13 bits per heavy atom. The fraction of sp³-hybridized carbons (Fsp3) is 0.235. The van der Waals surface area contributed by atoms with Gasteiger partial charge in [-0.2, -0.15) is 0 Å². The molecule has 0 aliphatic carbocycles. The largest absolute Gasteiger partial charge is 0.492 e. The van der Waals surface area contributed by atoms with Crippen molar-refractivity contribution in [3.8, 4) is 17.2 Å². The molecule has 0 aliphatic heterocycles. The summed E-state index contributed by atoms with van der Waals surface area (Å²) >= 11 is 0. The number of hydrogen-bond acceptors (Lipinski definition) is 5. The van der Waals surface area contributed by atoms with Crippen molar-refractivity contribution < 1.29 is 19.0 Å². The quantitative estimate of drug-likeness (QED) is 0.605. The maximum Gasteiger partial charge on any atom is 0.407 e. The molecule has 1 amide bonds. The van der Waals surface area contributed by atoms with Crippen LogP contribution >= 0.6 is 0 Å². The normalized spacial score (nSPS) is 9.96. The van der Waals surface area contributed by atoms with Gasteiger partial charge < -0.3 is 25.3 Å². The molecule has 0 spiro atoms. The predicted octanol–water partition coefficient (Wildman–Crippen LogP) is 3.19. The van der Waals surface area contributed by atoms with Crippen LogP contribution in [0, 0.1) is 0 Å². The molecule has 0 aliphatic rings. The van der Waals surface area contributed by atoms with Crippen molar-refractivity contribution in [3.05, 3.63) is 48.5 Å². The summed E-state index contributed by atoms with van der Waals surface area (Å²) in [6, 6.07) is 14.6. The molecule has 0 bridgehead atoms. The first-order valence-corrected chi connectivity index (χ1v) is 7.35. The zero-order valence-electron chi connectivity index (χ0n) is 13.0. The van der Waals surface area contributed by atoms with Crippen LogP contribution in [0.3, 0.4) is 0 Å². The van der Waals surface area contributed by atoms with E-state index in [2.05, 4.69) is 5.32 Å². The number of nitrogens with one attached hydrogen (secondary N) is 1. The smallest absolute Gasteiger partial charge is 0.407 e. The summed E-state index contributed by atoms with van der Waals surface area (Å²) < 4.78 is 16.0. The summed E-state index contributed by atoms with van der Waals surface area (Å²) in [5.41, 5.74) is 6.44. The molecule has 0 atom stereocenters. The van der Waals surface area contributed by atoms with E-state index in [9.17, 15) is 4.79 Å². The summed E-state index contributed by atoms with van der Waals surface area (Å²) in [4.78, 5) is 11.1. The first-order valence-electron chi connectivity index (χ1n) is 7.35. The van der Waals surface area contributed by atoms with Gasteiger partial charge in [0.2, 0.25) is 0 Å². The molecule has 0 radical (unpaired) electrons. The number of para-hydroxylation sites is 1. The van der Waals surface area contributed by atoms with Gasteiger partial charge in [0, 0.05) is 6.07 Å². The highest BCUT2D eigenvalue weighted by molar-refractivity contribution is 5.67. The Hall–Kier alpha value is -2.89. The second kappa shape index (κ2) is 8.53. The fourth-order valence-electron chi connectivity index (χ4n) is 1.83. The molecular formula is C17H20N2O4. The van der Waals surface area contributed by atoms with E-state index < -0.39 is 6.09 Å². The Labute approximate surface area is 135 Å². The topological polar surface area (TPSA) is 82.8 Å². The van der Waals surface area contributed by atoms with E-state index in [1.165, 1.54) is 0 Å². The van der Waals surface area contributed by atoms with Crippen LogP contribution in [0.15, 0.2) is 48.5 Å². The Morgan fingerprint density at radius 3 is 2.61 bits per heavy atom. The second-order valence-corrected chi connectivity index (χ2v) is 4.61. The third-order valence-corrected chi connectivity index (χ3v) is 2.87. The number of anilines is 1. The summed E-state index contributed by atoms with van der Waals surface area (Å²) in [5.74, 6) is 1.88. The van der Waals surface area contributed by atoms with Crippen molar-refractivity contribution in [1.82, 2.24) is 5.32 Å². The number of nitrogen functional groups attached to an aromatic ring is 1. The van der Waals surface area contributed by atoms with E-state index in [1.54, 1.807) is 25.1 Å². The van der Waals surface area contributed by atoms with Crippen LogP contribution in [0.5, 0.6) is 17.2 Å². The lowest BCUT2D eigenvalue weighted by molar-refractivity contribution is 0.150. The highest BCUT2D eigenvalue weighted by Crippen LogP contribution is 2.30. The molecule has 0 saturated carbocycles. The predicted molar refractivity (Wildman–Crippen MR) is 87.9 cm³/mol. The number of amides is 1. The van der Waals surface area contributed by atoms with Crippen molar-refractivity contribution in [2.45, 2.75) is 6.92 Å². The zero-order valence-corrected chi connectivity index (χ0v) is 13.0. The molecule has 0 heterocycles. The van der Waals surface area contributed by atoms with Crippen molar-refractivity contribution in [1.29, 1.82) is 0 Å². The van der Waals surface area contributed by atoms with Crippen LogP contribution in [0.4, 0.5) is 10.5 Å². The molecule has 23 heavy (non-hydrogen) atoms. The van der Waals surface area contributed by atoms with Gasteiger partial charge in [-0.3, -0.25) is 0 Å². The zero-order chi connectivity index (χ0) is 16.5. The minimum atomic E-state index is -0.456. The summed E-state index contributed by atoms with van der Waals surface area (Å²) in [6.07, 6.45) is -0.456. The lowest BCUT2D eigenvalue weighted by Gasteiger charge is -2.11. The van der Waals surface area contributed by atoms with Gasteiger partial charge in [-0.1, -0.05) is 18.2 Å². The number of carbonyl (C=O) groups is 1. The van der Waals surface area contributed by atoms with Crippen LogP contribution in [0.25, 0.3) is 0 Å². The van der Waals surface area contributed by atoms with E-state index in [4.69, 9.17) is 19.9 Å². The Morgan fingerprint density at radius 2 is 1.91 bits per heavy atom. The molecule has 3 N–H and O–H groups in total. The molecule has 122 valence electrons. The average molecular weight is 316 g/mol. The summed E-state index contributed by atoms with van der Waals surface area (Å²) in [7, 11) is 0. The molecule has 0 fully saturated rings. The average Bonchev–Trinajstić information content (AvgIpc) is 2.55. The number of alkyl carbamates (subject to hydrolysis) is 1. The molecule has 2 aromatic carbocycles. The third-order valence-electron chi connectivity index (χ3n) is 2.87. The third kappa shape index (κ3) is 5.43. The number of carbonyl (C=O) groups excluding carboxylic acids is 1. The van der Waals surface area contributed by atoms with Crippen molar-refractivity contribution >= 4 is 11.8 Å². The maximum atomic E-state index is 11.1. The molecule has 0 aromatic heterocycles. The monoisotopic (exact) mass is 316 g/mol. The first kappa shape index (κ1) is 16.5. The van der Waals surface area contributed by atoms with Crippen molar-refractivity contribution in [2.75, 3.05) is 25.5 Å². The number of hydrogen-bond donors (Lipinski definition) is 2. The van der Waals surface area contributed by atoms with Gasteiger partial charge in [-0.05, 0) is 31.2 Å². The van der Waals surface area contributed by atoms with Crippen LogP contribution in [-0.2, 0) is 4.74 Å². The standard InChI is InChI=1S/C17H20N2O4/c1-2-21-17(20)19-10-11-22-14-8-9-16(15(18)12-14)23-13-6-4-3-5-7-13/h3-9,12H,2,10-11,18H2,1H3,(H,19,20). The Kier molecular flexibility index (Phi) is 6.11. The summed E-state index contributed by atoms with van der Waals surface area (Å²) in [6.45, 7) is 2.75. The van der Waals surface area contributed by atoms with Crippen molar-refractivity contribution in [3.63, 3.8) is 0 Å². The maximum absolute atomic E-state index is 11.1. The number of ether oxygens (including phenoxy) is 3. The molecule has 0 unspecified atom stereocenters. The van der Waals surface area contributed by atoms with Crippen LogP contribution in [0.1, 0.15) is 6.92 Å². The summed E-state index contributed by atoms with van der Waals surface area (Å²) in [5, 5.41) is 2.57. The van der Waals surface area contributed by atoms with Gasteiger partial charge in [0.1, 0.15) is 18.1 Å². The minimum absolute atomic E-state index is 0.317. The SMILES string of the molecule is CCOC(=O)NCCOc1ccc(Oc2ccccc2)c(N)c1. The van der Waals surface area contributed by atoms with E-state index in [0.717, 1.165) is 0 Å². The van der Waals surface area contributed by atoms with Crippen LogP contribution in [-0.4, -0.2) is 25.9 Å². The number of rotatable bonds is 7. The van der Waals surface area contributed by atoms with Crippen LogP contribution in [0.2, 0.25) is 0 Å². The van der Waals surface area contributed by atoms with E-state index in [-0.39, 0.29) is 0 Å². The molecule has 6 heteroatoms. The molecule has 2 aromatic rings. The van der Waals surface area contributed by atoms with E-state index in [1.807, 2.05) is 30.3 Å². The Bertz CT molecular complexity index is 632. The lowest BCUT2D eigenvalue weighted by atomic mass is 10.2. The molecule has 6 nitrogen and oxygen atoms in total. The highest BCUT2D eigenvalue weighted by Gasteiger charge is 2.05. The van der Waals surface area contributed by atoms with Crippen LogP contribution < -0.4 is 20.5 Å².